The number of hydrogen-bond donors (Lipinski definition) is 1. The molecule has 2 amide bonds. The van der Waals surface area contributed by atoms with Gasteiger partial charge in [0.2, 0.25) is 0 Å². The van der Waals surface area contributed by atoms with E-state index >= 15 is 0 Å². The van der Waals surface area contributed by atoms with Gasteiger partial charge in [0.25, 0.3) is 0 Å². The number of ether oxygens (including phenoxy) is 1. The Bertz CT molecular complexity index is 764. The van der Waals surface area contributed by atoms with Gasteiger partial charge in [-0.25, -0.2) is 4.79 Å². The molecule has 1 saturated carbocycles. The van der Waals surface area contributed by atoms with Gasteiger partial charge in [-0.05, 0) is 45.8 Å². The Kier molecular flexibility index (Phi) is 6.93. The van der Waals surface area contributed by atoms with Gasteiger partial charge in [-0.2, -0.15) is 0 Å². The lowest BCUT2D eigenvalue weighted by molar-refractivity contribution is -0.138. The molecule has 0 bridgehead atoms. The number of benzene rings is 1. The Balaban J connectivity index is 1.72. The molecule has 1 aromatic carbocycles. The van der Waals surface area contributed by atoms with Crippen LogP contribution in [-0.4, -0.2) is 72.3 Å². The Morgan fingerprint density at radius 3 is 2.47 bits per heavy atom. The highest BCUT2D eigenvalue weighted by atomic mass is 16.5. The maximum absolute atomic E-state index is 13.3. The summed E-state index contributed by atoms with van der Waals surface area (Å²) in [5, 5.41) is 3.09. The Morgan fingerprint density at radius 1 is 1.17 bits per heavy atom. The molecule has 1 N–H and O–H groups in total. The van der Waals surface area contributed by atoms with E-state index < -0.39 is 11.1 Å². The van der Waals surface area contributed by atoms with Crippen molar-refractivity contribution in [3.63, 3.8) is 0 Å². The van der Waals surface area contributed by atoms with Crippen LogP contribution >= 0.6 is 0 Å². The standard InChI is InChI=1S/C23H33N3O4/c1-22(16-25(2)3,17-30-15-18-9-5-4-6-10-18)24-21(29)26-14-8-7-13-23(26)19(27)11-12-20(23)28/h4-6,9-10H,7-8,11-17H2,1-3H3,(H,24,29)/t22-/m1/s1. The fraction of sp³-hybridized carbons (Fsp3) is 0.609. The molecule has 1 saturated heterocycles. The number of urea groups is 1. The number of likely N-dealkylation sites (N-methyl/N-ethyl adjacent to an activating group) is 1. The summed E-state index contributed by atoms with van der Waals surface area (Å²) >= 11 is 0. The van der Waals surface area contributed by atoms with Gasteiger partial charge in [0, 0.05) is 25.9 Å². The van der Waals surface area contributed by atoms with E-state index in [4.69, 9.17) is 4.74 Å². The predicted molar refractivity (Wildman–Crippen MR) is 114 cm³/mol. The molecule has 2 fully saturated rings. The van der Waals surface area contributed by atoms with Gasteiger partial charge in [-0.15, -0.1) is 0 Å². The number of ketones is 2. The number of likely N-dealkylation sites (tertiary alicyclic amines) is 1. The smallest absolute Gasteiger partial charge is 0.319 e. The Morgan fingerprint density at radius 2 is 1.83 bits per heavy atom. The van der Waals surface area contributed by atoms with Crippen molar-refractivity contribution < 1.29 is 19.1 Å². The zero-order valence-electron chi connectivity index (χ0n) is 18.3. The molecule has 1 heterocycles. The fourth-order valence-electron chi connectivity index (χ4n) is 4.74. The lowest BCUT2D eigenvalue weighted by Crippen LogP contribution is -2.67. The van der Waals surface area contributed by atoms with Crippen molar-refractivity contribution in [1.29, 1.82) is 0 Å². The zero-order chi connectivity index (χ0) is 21.8. The van der Waals surface area contributed by atoms with Gasteiger partial charge >= 0.3 is 6.03 Å². The molecular formula is C23H33N3O4. The first-order chi connectivity index (χ1) is 14.3. The van der Waals surface area contributed by atoms with Crippen LogP contribution in [0.1, 0.15) is 44.6 Å². The van der Waals surface area contributed by atoms with Gasteiger partial charge in [0.1, 0.15) is 0 Å². The second-order valence-electron chi connectivity index (χ2n) is 9.02. The maximum Gasteiger partial charge on any atom is 0.319 e. The molecule has 1 aliphatic carbocycles. The van der Waals surface area contributed by atoms with E-state index in [1.165, 1.54) is 4.90 Å². The van der Waals surface area contributed by atoms with Crippen LogP contribution in [0.4, 0.5) is 4.79 Å². The Hall–Kier alpha value is -2.25. The van der Waals surface area contributed by atoms with Crippen molar-refractivity contribution in [2.75, 3.05) is 33.8 Å². The van der Waals surface area contributed by atoms with Crippen LogP contribution in [0.3, 0.4) is 0 Å². The van der Waals surface area contributed by atoms with Crippen LogP contribution in [0.5, 0.6) is 0 Å². The zero-order valence-corrected chi connectivity index (χ0v) is 18.3. The van der Waals surface area contributed by atoms with E-state index in [-0.39, 0.29) is 30.4 Å². The minimum absolute atomic E-state index is 0.114. The van der Waals surface area contributed by atoms with E-state index in [0.29, 0.717) is 32.7 Å². The number of amides is 2. The summed E-state index contributed by atoms with van der Waals surface area (Å²) in [6.07, 6.45) is 2.49. The van der Waals surface area contributed by atoms with E-state index in [0.717, 1.165) is 18.4 Å². The van der Waals surface area contributed by atoms with E-state index in [9.17, 15) is 14.4 Å². The minimum Gasteiger partial charge on any atom is -0.374 e. The molecule has 1 aliphatic heterocycles. The summed E-state index contributed by atoms with van der Waals surface area (Å²) < 4.78 is 5.94. The average Bonchev–Trinajstić information content (AvgIpc) is 2.97. The van der Waals surface area contributed by atoms with Crippen LogP contribution in [0.2, 0.25) is 0 Å². The molecule has 3 rings (SSSR count). The van der Waals surface area contributed by atoms with E-state index in [2.05, 4.69) is 5.32 Å². The van der Waals surface area contributed by atoms with Gasteiger partial charge < -0.3 is 19.9 Å². The third-order valence-corrected chi connectivity index (χ3v) is 5.98. The van der Waals surface area contributed by atoms with E-state index in [1.807, 2.05) is 56.3 Å². The number of Topliss-reactive ketones (excluding diaryl/α,β-unsaturated/α-hetero) is 2. The molecule has 0 radical (unpaired) electrons. The van der Waals surface area contributed by atoms with Gasteiger partial charge in [-0.1, -0.05) is 30.3 Å². The summed E-state index contributed by atoms with van der Waals surface area (Å²) in [5.74, 6) is -0.228. The van der Waals surface area contributed by atoms with Crippen molar-refractivity contribution in [3.05, 3.63) is 35.9 Å². The topological polar surface area (TPSA) is 79.0 Å². The summed E-state index contributed by atoms with van der Waals surface area (Å²) in [6.45, 7) is 3.69. The van der Waals surface area contributed by atoms with Crippen LogP contribution in [-0.2, 0) is 20.9 Å². The monoisotopic (exact) mass is 415 g/mol. The average molecular weight is 416 g/mol. The summed E-state index contributed by atoms with van der Waals surface area (Å²) in [4.78, 5) is 42.2. The molecule has 30 heavy (non-hydrogen) atoms. The third kappa shape index (κ3) is 4.73. The van der Waals surface area contributed by atoms with Crippen LogP contribution < -0.4 is 5.32 Å². The normalized spacial score (nSPS) is 20.6. The lowest BCUT2D eigenvalue weighted by atomic mass is 9.83. The quantitative estimate of drug-likeness (QED) is 0.692. The molecule has 0 aromatic heterocycles. The fourth-order valence-corrected chi connectivity index (χ4v) is 4.74. The highest BCUT2D eigenvalue weighted by molar-refractivity contribution is 6.18. The first-order valence-electron chi connectivity index (χ1n) is 10.7. The van der Waals surface area contributed by atoms with Gasteiger partial charge in [0.05, 0.1) is 18.8 Å². The molecule has 7 nitrogen and oxygen atoms in total. The van der Waals surface area contributed by atoms with Gasteiger partial charge in [-0.3, -0.25) is 9.59 Å². The number of rotatable bonds is 7. The number of nitrogens with one attached hydrogen (secondary N) is 1. The maximum atomic E-state index is 13.3. The SMILES string of the molecule is CN(C)C[C@](C)(COCc1ccccc1)NC(=O)N1CCCCC12C(=O)CCC2=O. The highest BCUT2D eigenvalue weighted by Gasteiger charge is 2.56. The van der Waals surface area contributed by atoms with Crippen molar-refractivity contribution in [3.8, 4) is 0 Å². The summed E-state index contributed by atoms with van der Waals surface area (Å²) in [5.41, 5.74) is -0.863. The highest BCUT2D eigenvalue weighted by Crippen LogP contribution is 2.37. The first-order valence-corrected chi connectivity index (χ1v) is 10.7. The number of carbonyl (C=O) groups is 3. The van der Waals surface area contributed by atoms with E-state index in [1.54, 1.807) is 0 Å². The first kappa shape index (κ1) is 22.4. The second kappa shape index (κ2) is 9.27. The molecule has 0 unspecified atom stereocenters. The van der Waals surface area contributed by atoms with Crippen molar-refractivity contribution in [2.45, 2.75) is 56.7 Å². The molecule has 7 heteroatoms. The molecular weight excluding hydrogens is 382 g/mol. The summed E-state index contributed by atoms with van der Waals surface area (Å²) in [6, 6.07) is 9.52. The molecule has 1 aromatic rings. The number of carbonyl (C=O) groups excluding carboxylic acids is 3. The molecule has 164 valence electrons. The van der Waals surface area contributed by atoms with Crippen LogP contribution in [0.15, 0.2) is 30.3 Å². The third-order valence-electron chi connectivity index (χ3n) is 5.98. The molecule has 2 aliphatic rings. The summed E-state index contributed by atoms with van der Waals surface area (Å²) in [7, 11) is 3.88. The Labute approximate surface area is 178 Å². The van der Waals surface area contributed by atoms with Crippen LogP contribution in [0, 0.1) is 0 Å². The minimum atomic E-state index is -1.26. The number of piperidine rings is 1. The molecule has 1 atom stereocenters. The predicted octanol–water partition coefficient (Wildman–Crippen LogP) is 2.39. The van der Waals surface area contributed by atoms with Crippen molar-refractivity contribution in [2.24, 2.45) is 0 Å². The lowest BCUT2D eigenvalue weighted by Gasteiger charge is -2.44. The van der Waals surface area contributed by atoms with Crippen molar-refractivity contribution in [1.82, 2.24) is 15.1 Å². The second-order valence-corrected chi connectivity index (χ2v) is 9.02. The number of nitrogens with zero attached hydrogens (tertiary/aromatic N) is 2. The largest absolute Gasteiger partial charge is 0.374 e. The molecule has 1 spiro atoms. The van der Waals surface area contributed by atoms with Crippen molar-refractivity contribution >= 4 is 17.6 Å². The number of hydrogen-bond acceptors (Lipinski definition) is 5. The van der Waals surface area contributed by atoms with Crippen LogP contribution in [0.25, 0.3) is 0 Å². The van der Waals surface area contributed by atoms with Gasteiger partial charge in [0.15, 0.2) is 17.1 Å².